The van der Waals surface area contributed by atoms with Crippen LogP contribution in [0.5, 0.6) is 5.75 Å². The molecule has 3 heterocycles. The van der Waals surface area contributed by atoms with Crippen LogP contribution in [0.4, 0.5) is 5.82 Å². The lowest BCUT2D eigenvalue weighted by Gasteiger charge is -2.27. The minimum absolute atomic E-state index is 0.108. The Kier molecular flexibility index (Phi) is 15.1. The van der Waals surface area contributed by atoms with Gasteiger partial charge in [-0.3, -0.25) is 14.5 Å². The van der Waals surface area contributed by atoms with Crippen molar-refractivity contribution in [3.63, 3.8) is 0 Å². The highest BCUT2D eigenvalue weighted by Crippen LogP contribution is 2.29. The van der Waals surface area contributed by atoms with Crippen molar-refractivity contribution in [1.29, 1.82) is 0 Å². The molecule has 0 saturated carbocycles. The molecule has 12 heteroatoms. The van der Waals surface area contributed by atoms with Crippen molar-refractivity contribution in [2.75, 3.05) is 65.5 Å². The monoisotopic (exact) mass is 676 g/mol. The molecule has 1 amide bonds. The Balaban J connectivity index is 0.000000520. The first-order valence-electron chi connectivity index (χ1n) is 17.3. The molecule has 0 unspecified atom stereocenters. The van der Waals surface area contributed by atoms with Crippen LogP contribution >= 0.6 is 0 Å². The van der Waals surface area contributed by atoms with Crippen LogP contribution in [-0.4, -0.2) is 103 Å². The van der Waals surface area contributed by atoms with Crippen molar-refractivity contribution in [1.82, 2.24) is 24.3 Å². The van der Waals surface area contributed by atoms with Gasteiger partial charge in [0.05, 0.1) is 44.0 Å². The molecule has 0 aliphatic carbocycles. The quantitative estimate of drug-likeness (QED) is 0.155. The van der Waals surface area contributed by atoms with Gasteiger partial charge in [-0.1, -0.05) is 44.2 Å². The number of likely N-dealkylation sites (N-methyl/N-ethyl adjacent to an activating group) is 1. The number of imidazole rings is 1. The highest BCUT2D eigenvalue weighted by molar-refractivity contribution is 6.06. The number of nitrogens with zero attached hydrogens (tertiary/aromatic N) is 5. The van der Waals surface area contributed by atoms with E-state index in [1.165, 1.54) is 0 Å². The van der Waals surface area contributed by atoms with E-state index >= 15 is 0 Å². The number of hydrogen-bond donors (Lipinski definition) is 1. The molecule has 12 nitrogen and oxygen atoms in total. The van der Waals surface area contributed by atoms with Crippen molar-refractivity contribution in [3.05, 3.63) is 59.9 Å². The topological polar surface area (TPSA) is 134 Å². The van der Waals surface area contributed by atoms with Crippen molar-refractivity contribution in [2.24, 2.45) is 0 Å². The molecule has 1 fully saturated rings. The number of para-hydroxylation sites is 1. The first-order valence-corrected chi connectivity index (χ1v) is 17.3. The van der Waals surface area contributed by atoms with E-state index in [-0.39, 0.29) is 12.0 Å². The molecule has 2 aromatic carbocycles. The van der Waals surface area contributed by atoms with Gasteiger partial charge in [0.25, 0.3) is 6.47 Å². The Bertz CT molecular complexity index is 1620. The summed E-state index contributed by atoms with van der Waals surface area (Å²) in [7, 11) is 1.69. The Labute approximate surface area is 289 Å². The first kappa shape index (κ1) is 37.6. The number of methoxy groups -OCH3 is 1. The fraction of sp³-hybridized carbons (Fsp3) is 0.514. The highest BCUT2D eigenvalue weighted by Gasteiger charge is 2.20. The standard InChI is InChI=1S/C31H42N6O3.C6H10O3/c1-5-35(6-2)22-28(38)36(21-23-12-10-13-24(20-23)40-7-3)17-11-18-37-27(16-19-39-4)34-29-30(37)25-14-8-9-15-26(25)33-31(29)32;7-5-9-6-1-3-8-4-2-6/h8-10,12-15,20H,5-7,11,16-19,21-22H2,1-4H3,(H2,32,33);5-6H,1-4H2. The van der Waals surface area contributed by atoms with Crippen molar-refractivity contribution >= 4 is 40.1 Å². The van der Waals surface area contributed by atoms with Crippen LogP contribution < -0.4 is 10.5 Å². The Morgan fingerprint density at radius 3 is 2.57 bits per heavy atom. The maximum Gasteiger partial charge on any atom is 0.293 e. The molecule has 49 heavy (non-hydrogen) atoms. The molecule has 5 rings (SSSR count). The summed E-state index contributed by atoms with van der Waals surface area (Å²) >= 11 is 0. The Morgan fingerprint density at radius 1 is 1.08 bits per heavy atom. The fourth-order valence-corrected chi connectivity index (χ4v) is 5.99. The third-order valence-corrected chi connectivity index (χ3v) is 8.63. The molecule has 1 aliphatic rings. The van der Waals surface area contributed by atoms with E-state index in [4.69, 9.17) is 29.7 Å². The van der Waals surface area contributed by atoms with Gasteiger partial charge in [0.2, 0.25) is 5.91 Å². The van der Waals surface area contributed by atoms with Gasteiger partial charge in [0.15, 0.2) is 5.82 Å². The third-order valence-electron chi connectivity index (χ3n) is 8.63. The fourth-order valence-electron chi connectivity index (χ4n) is 5.99. The van der Waals surface area contributed by atoms with E-state index in [0.717, 1.165) is 79.1 Å². The average Bonchev–Trinajstić information content (AvgIpc) is 3.49. The lowest BCUT2D eigenvalue weighted by molar-refractivity contribution is -0.137. The molecule has 2 aromatic heterocycles. The molecule has 0 bridgehead atoms. The number of rotatable bonds is 17. The van der Waals surface area contributed by atoms with Gasteiger partial charge in [0.1, 0.15) is 23.2 Å². The summed E-state index contributed by atoms with van der Waals surface area (Å²) in [5.41, 5.74) is 9.95. The summed E-state index contributed by atoms with van der Waals surface area (Å²) in [6, 6.07) is 16.0. The summed E-state index contributed by atoms with van der Waals surface area (Å²) < 4.78 is 23.1. The molecule has 1 saturated heterocycles. The Morgan fingerprint density at radius 2 is 1.86 bits per heavy atom. The first-order chi connectivity index (χ1) is 23.9. The number of anilines is 1. The number of carbonyl (C=O) groups is 2. The number of benzene rings is 2. The molecule has 0 radical (unpaired) electrons. The zero-order valence-corrected chi connectivity index (χ0v) is 29.4. The zero-order valence-electron chi connectivity index (χ0n) is 29.4. The number of aromatic nitrogens is 3. The zero-order chi connectivity index (χ0) is 35.0. The number of pyridine rings is 1. The number of ether oxygens (including phenoxy) is 4. The molecule has 1 aliphatic heterocycles. The Hall–Kier alpha value is -4.26. The smallest absolute Gasteiger partial charge is 0.293 e. The third kappa shape index (κ3) is 10.6. The van der Waals surface area contributed by atoms with Crippen molar-refractivity contribution in [3.8, 4) is 5.75 Å². The maximum absolute atomic E-state index is 13.5. The molecule has 2 N–H and O–H groups in total. The largest absolute Gasteiger partial charge is 0.494 e. The average molecular weight is 677 g/mol. The molecular formula is C37H52N6O6. The number of aryl methyl sites for hydroxylation is 1. The highest BCUT2D eigenvalue weighted by atomic mass is 16.5. The lowest BCUT2D eigenvalue weighted by atomic mass is 10.1. The summed E-state index contributed by atoms with van der Waals surface area (Å²) in [5.74, 6) is 2.28. The van der Waals surface area contributed by atoms with Gasteiger partial charge in [-0.15, -0.1) is 0 Å². The van der Waals surface area contributed by atoms with Gasteiger partial charge in [-0.25, -0.2) is 9.97 Å². The number of fused-ring (bicyclic) bond motifs is 3. The normalized spacial score (nSPS) is 13.3. The van der Waals surface area contributed by atoms with E-state index < -0.39 is 0 Å². The molecular weight excluding hydrogens is 624 g/mol. The SMILES string of the molecule is CCOc1cccc(CN(CCCn2c(CCOC)nc3c(N)nc4ccccc4c32)C(=O)CN(CC)CC)c1.O=COC1CCOCC1. The van der Waals surface area contributed by atoms with Gasteiger partial charge < -0.3 is 34.1 Å². The molecule has 266 valence electrons. The van der Waals surface area contributed by atoms with Crippen molar-refractivity contribution in [2.45, 2.75) is 65.6 Å². The number of nitrogen functional groups attached to an aromatic ring is 1. The second kappa shape index (κ2) is 19.7. The summed E-state index contributed by atoms with van der Waals surface area (Å²) in [5, 5.41) is 1.02. The molecule has 0 spiro atoms. The van der Waals surface area contributed by atoms with E-state index in [2.05, 4.69) is 34.4 Å². The van der Waals surface area contributed by atoms with E-state index in [0.29, 0.717) is 63.6 Å². The van der Waals surface area contributed by atoms with Crippen LogP contribution in [0.3, 0.4) is 0 Å². The van der Waals surface area contributed by atoms with Crippen LogP contribution in [0.1, 0.15) is 51.4 Å². The number of hydrogen-bond acceptors (Lipinski definition) is 10. The maximum atomic E-state index is 13.5. The second-order valence-corrected chi connectivity index (χ2v) is 11.9. The van der Waals surface area contributed by atoms with E-state index in [1.807, 2.05) is 54.3 Å². The lowest BCUT2D eigenvalue weighted by Crippen LogP contribution is -2.40. The van der Waals surface area contributed by atoms with Gasteiger partial charge in [-0.05, 0) is 50.2 Å². The van der Waals surface area contributed by atoms with Gasteiger partial charge >= 0.3 is 0 Å². The van der Waals surface area contributed by atoms with Crippen LogP contribution in [0.2, 0.25) is 0 Å². The summed E-state index contributed by atoms with van der Waals surface area (Å²) in [4.78, 5) is 36.9. The van der Waals surface area contributed by atoms with E-state index in [9.17, 15) is 9.59 Å². The number of nitrogens with two attached hydrogens (primary N) is 1. The minimum Gasteiger partial charge on any atom is -0.494 e. The van der Waals surface area contributed by atoms with Crippen LogP contribution in [0, 0.1) is 0 Å². The van der Waals surface area contributed by atoms with Gasteiger partial charge in [0, 0.05) is 51.4 Å². The number of carbonyl (C=O) groups excluding carboxylic acids is 2. The minimum atomic E-state index is 0.108. The second-order valence-electron chi connectivity index (χ2n) is 11.9. The predicted molar refractivity (Wildman–Crippen MR) is 191 cm³/mol. The summed E-state index contributed by atoms with van der Waals surface area (Å²) in [6.45, 7) is 13.2. The molecule has 4 aromatic rings. The van der Waals surface area contributed by atoms with Gasteiger partial charge in [-0.2, -0.15) is 0 Å². The molecule has 0 atom stereocenters. The van der Waals surface area contributed by atoms with E-state index in [1.54, 1.807) is 7.11 Å². The van der Waals surface area contributed by atoms with Crippen LogP contribution in [0.15, 0.2) is 48.5 Å². The van der Waals surface area contributed by atoms with Crippen LogP contribution in [-0.2, 0) is 43.3 Å². The number of amides is 1. The summed E-state index contributed by atoms with van der Waals surface area (Å²) in [6.07, 6.45) is 3.22. The predicted octanol–water partition coefficient (Wildman–Crippen LogP) is 4.85. The van der Waals surface area contributed by atoms with Crippen LogP contribution in [0.25, 0.3) is 21.9 Å². The van der Waals surface area contributed by atoms with Crippen molar-refractivity contribution < 1.29 is 28.5 Å².